The number of ether oxygens (including phenoxy) is 2. The van der Waals surface area contributed by atoms with E-state index in [9.17, 15) is 0 Å². The molecule has 3 rings (SSSR count). The average Bonchev–Trinajstić information content (AvgIpc) is 3.39. The van der Waals surface area contributed by atoms with Crippen LogP contribution in [0.5, 0.6) is 11.5 Å². The van der Waals surface area contributed by atoms with Crippen molar-refractivity contribution in [2.75, 3.05) is 20.8 Å². The van der Waals surface area contributed by atoms with E-state index in [1.165, 1.54) is 0 Å². The molecule has 0 aliphatic heterocycles. The molecule has 3 aromatic rings. The number of thiazole rings is 1. The minimum absolute atomic E-state index is 0.553. The van der Waals surface area contributed by atoms with Crippen LogP contribution in [-0.2, 0) is 0 Å². The van der Waals surface area contributed by atoms with Crippen LogP contribution in [0.1, 0.15) is 18.9 Å². The largest absolute Gasteiger partial charge is 0.493 e. The standard InChI is InChI=1S/C21H23N3O2S2/c1-5-11-22-21-24(17(14-28-21)20-8-7-12-27-20)23-16(6-2)15-9-10-18(25-3)19(13-15)26-4/h5,7-10,12-14H,1,6,11H2,2-4H3. The molecular formula is C21H23N3O2S2. The van der Waals surface area contributed by atoms with E-state index in [1.54, 1.807) is 43.0 Å². The molecule has 0 aliphatic rings. The fraction of sp³-hybridized carbons (Fsp3) is 0.238. The van der Waals surface area contributed by atoms with Crippen molar-refractivity contribution in [3.8, 4) is 22.1 Å². The highest BCUT2D eigenvalue weighted by atomic mass is 32.1. The maximum absolute atomic E-state index is 5.45. The zero-order valence-electron chi connectivity index (χ0n) is 16.2. The minimum Gasteiger partial charge on any atom is -0.493 e. The summed E-state index contributed by atoms with van der Waals surface area (Å²) in [6.07, 6.45) is 2.55. The van der Waals surface area contributed by atoms with Crippen molar-refractivity contribution in [1.29, 1.82) is 0 Å². The molecule has 0 atom stereocenters. The second-order valence-electron chi connectivity index (χ2n) is 5.79. The minimum atomic E-state index is 0.553. The number of aromatic nitrogens is 1. The first-order chi connectivity index (χ1) is 13.7. The molecule has 0 spiro atoms. The Balaban J connectivity index is 2.14. The number of nitrogens with zero attached hydrogens (tertiary/aromatic N) is 3. The number of rotatable bonds is 8. The molecule has 0 amide bonds. The first kappa shape index (κ1) is 20.1. The van der Waals surface area contributed by atoms with Gasteiger partial charge in [-0.15, -0.1) is 29.3 Å². The van der Waals surface area contributed by atoms with Crippen LogP contribution in [0.25, 0.3) is 10.6 Å². The molecule has 2 heterocycles. The van der Waals surface area contributed by atoms with Crippen molar-refractivity contribution in [3.05, 3.63) is 64.1 Å². The van der Waals surface area contributed by atoms with Crippen LogP contribution < -0.4 is 14.3 Å². The number of benzene rings is 1. The molecule has 5 nitrogen and oxygen atoms in total. The number of hydrogen-bond donors (Lipinski definition) is 0. The third-order valence-electron chi connectivity index (χ3n) is 4.09. The summed E-state index contributed by atoms with van der Waals surface area (Å²) in [4.78, 5) is 6.61. The molecule has 0 radical (unpaired) electrons. The number of methoxy groups -OCH3 is 2. The van der Waals surface area contributed by atoms with Gasteiger partial charge < -0.3 is 9.47 Å². The third-order valence-corrected chi connectivity index (χ3v) is 5.83. The first-order valence-corrected chi connectivity index (χ1v) is 10.6. The maximum atomic E-state index is 5.45. The molecule has 7 heteroatoms. The molecule has 1 aromatic carbocycles. The van der Waals surface area contributed by atoms with Crippen molar-refractivity contribution in [2.45, 2.75) is 13.3 Å². The van der Waals surface area contributed by atoms with Crippen molar-refractivity contribution in [1.82, 2.24) is 4.68 Å². The Morgan fingerprint density at radius 1 is 1.18 bits per heavy atom. The van der Waals surface area contributed by atoms with Crippen LogP contribution in [-0.4, -0.2) is 31.2 Å². The molecule has 0 unspecified atom stereocenters. The van der Waals surface area contributed by atoms with Gasteiger partial charge in [0.1, 0.15) is 0 Å². The van der Waals surface area contributed by atoms with Crippen molar-refractivity contribution < 1.29 is 9.47 Å². The van der Waals surface area contributed by atoms with E-state index >= 15 is 0 Å². The Kier molecular flexibility index (Phi) is 6.84. The van der Waals surface area contributed by atoms with E-state index < -0.39 is 0 Å². The van der Waals surface area contributed by atoms with E-state index in [0.717, 1.165) is 33.1 Å². The van der Waals surface area contributed by atoms with Gasteiger partial charge in [0, 0.05) is 10.9 Å². The van der Waals surface area contributed by atoms with E-state index in [-0.39, 0.29) is 0 Å². The Hall–Kier alpha value is -2.64. The summed E-state index contributed by atoms with van der Waals surface area (Å²) in [6.45, 7) is 6.41. The topological polar surface area (TPSA) is 48.1 Å². The summed E-state index contributed by atoms with van der Waals surface area (Å²) in [7, 11) is 3.27. The Labute approximate surface area is 172 Å². The maximum Gasteiger partial charge on any atom is 0.206 e. The van der Waals surface area contributed by atoms with Gasteiger partial charge in [-0.1, -0.05) is 19.1 Å². The number of thiophene rings is 1. The monoisotopic (exact) mass is 413 g/mol. The molecule has 0 aliphatic carbocycles. The van der Waals surface area contributed by atoms with Gasteiger partial charge in [0.15, 0.2) is 11.5 Å². The average molecular weight is 414 g/mol. The molecule has 0 fully saturated rings. The van der Waals surface area contributed by atoms with Crippen LogP contribution in [0, 0.1) is 0 Å². The SMILES string of the molecule is C=CCN=c1scc(-c2cccs2)n1N=C(CC)c1ccc(OC)c(OC)c1. The lowest BCUT2D eigenvalue weighted by molar-refractivity contribution is 0.355. The van der Waals surface area contributed by atoms with Gasteiger partial charge in [0.05, 0.1) is 37.0 Å². The highest BCUT2D eigenvalue weighted by molar-refractivity contribution is 7.14. The first-order valence-electron chi connectivity index (χ1n) is 8.87. The Bertz CT molecular complexity index is 1030. The fourth-order valence-corrected chi connectivity index (χ4v) is 4.34. The summed E-state index contributed by atoms with van der Waals surface area (Å²) in [6, 6.07) is 10.0. The van der Waals surface area contributed by atoms with Gasteiger partial charge in [0.2, 0.25) is 4.80 Å². The molecule has 0 N–H and O–H groups in total. The summed E-state index contributed by atoms with van der Waals surface area (Å²) in [5, 5.41) is 9.14. The van der Waals surface area contributed by atoms with Crippen LogP contribution in [0.2, 0.25) is 0 Å². The van der Waals surface area contributed by atoms with Gasteiger partial charge in [-0.05, 0) is 36.1 Å². The van der Waals surface area contributed by atoms with Gasteiger partial charge in [-0.25, -0.2) is 4.68 Å². The fourth-order valence-electron chi connectivity index (χ4n) is 2.71. The zero-order valence-corrected chi connectivity index (χ0v) is 17.8. The molecule has 0 saturated carbocycles. The van der Waals surface area contributed by atoms with Gasteiger partial charge in [-0.3, -0.25) is 4.99 Å². The lowest BCUT2D eigenvalue weighted by Crippen LogP contribution is -2.15. The van der Waals surface area contributed by atoms with Crippen molar-refractivity contribution >= 4 is 28.4 Å². The molecule has 28 heavy (non-hydrogen) atoms. The van der Waals surface area contributed by atoms with E-state index in [4.69, 9.17) is 14.6 Å². The highest BCUT2D eigenvalue weighted by Gasteiger charge is 2.12. The van der Waals surface area contributed by atoms with Crippen LogP contribution >= 0.6 is 22.7 Å². The lowest BCUT2D eigenvalue weighted by atomic mass is 10.1. The summed E-state index contributed by atoms with van der Waals surface area (Å²) < 4.78 is 12.7. The molecular weight excluding hydrogens is 390 g/mol. The molecule has 146 valence electrons. The van der Waals surface area contributed by atoms with Crippen LogP contribution in [0.3, 0.4) is 0 Å². The second-order valence-corrected chi connectivity index (χ2v) is 7.58. The van der Waals surface area contributed by atoms with Gasteiger partial charge >= 0.3 is 0 Å². The van der Waals surface area contributed by atoms with Crippen molar-refractivity contribution in [3.63, 3.8) is 0 Å². The Morgan fingerprint density at radius 3 is 2.64 bits per heavy atom. The number of hydrogen-bond acceptors (Lipinski definition) is 6. The van der Waals surface area contributed by atoms with E-state index in [1.807, 2.05) is 28.9 Å². The lowest BCUT2D eigenvalue weighted by Gasteiger charge is -2.11. The quantitative estimate of drug-likeness (QED) is 0.383. The zero-order chi connectivity index (χ0) is 19.9. The van der Waals surface area contributed by atoms with E-state index in [2.05, 4.69) is 35.3 Å². The van der Waals surface area contributed by atoms with Gasteiger partial charge in [0.25, 0.3) is 0 Å². The molecule has 2 aromatic heterocycles. The summed E-state index contributed by atoms with van der Waals surface area (Å²) >= 11 is 3.27. The van der Waals surface area contributed by atoms with Crippen LogP contribution in [0.4, 0.5) is 0 Å². The van der Waals surface area contributed by atoms with Crippen molar-refractivity contribution in [2.24, 2.45) is 10.1 Å². The normalized spacial score (nSPS) is 12.2. The van der Waals surface area contributed by atoms with E-state index in [0.29, 0.717) is 18.0 Å². The second kappa shape index (κ2) is 9.52. The highest BCUT2D eigenvalue weighted by Crippen LogP contribution is 2.29. The smallest absolute Gasteiger partial charge is 0.206 e. The molecule has 0 saturated heterocycles. The summed E-state index contributed by atoms with van der Waals surface area (Å²) in [5.41, 5.74) is 2.97. The predicted octanol–water partition coefficient (Wildman–Crippen LogP) is 5.04. The Morgan fingerprint density at radius 2 is 2.00 bits per heavy atom. The van der Waals surface area contributed by atoms with Crippen LogP contribution in [0.15, 0.2) is 63.8 Å². The summed E-state index contributed by atoms with van der Waals surface area (Å²) in [5.74, 6) is 1.39. The third kappa shape index (κ3) is 4.26. The van der Waals surface area contributed by atoms with Gasteiger partial charge in [-0.2, -0.15) is 5.10 Å². The predicted molar refractivity (Wildman–Crippen MR) is 118 cm³/mol. The molecule has 0 bridgehead atoms.